The third-order valence-corrected chi connectivity index (χ3v) is 2.88. The van der Waals surface area contributed by atoms with Gasteiger partial charge in [0.15, 0.2) is 0 Å². The first-order chi connectivity index (χ1) is 7.19. The molecule has 0 aliphatic carbocycles. The highest BCUT2D eigenvalue weighted by atomic mass is 35.5. The number of nitrogens with two attached hydrogens (primary N) is 1. The summed E-state index contributed by atoms with van der Waals surface area (Å²) < 4.78 is 5.15. The highest BCUT2D eigenvalue weighted by Crippen LogP contribution is 2.25. The molecule has 2 atom stereocenters. The number of hydrogen-bond acceptors (Lipinski definition) is 2. The number of benzene rings is 1. The lowest BCUT2D eigenvalue weighted by atomic mass is 9.88. The van der Waals surface area contributed by atoms with Crippen LogP contribution in [0.3, 0.4) is 0 Å². The van der Waals surface area contributed by atoms with Gasteiger partial charge in [0.1, 0.15) is 0 Å². The zero-order valence-electron chi connectivity index (χ0n) is 9.24. The largest absolute Gasteiger partial charge is 0.384 e. The van der Waals surface area contributed by atoms with Crippen molar-refractivity contribution in [3.8, 4) is 0 Å². The molecule has 1 aromatic carbocycles. The summed E-state index contributed by atoms with van der Waals surface area (Å²) in [4.78, 5) is 0. The van der Waals surface area contributed by atoms with Gasteiger partial charge in [-0.15, -0.1) is 0 Å². The molecule has 1 aromatic rings. The van der Waals surface area contributed by atoms with Gasteiger partial charge in [-0.2, -0.15) is 0 Å². The molecule has 0 saturated carbocycles. The summed E-state index contributed by atoms with van der Waals surface area (Å²) in [6.07, 6.45) is 0. The summed E-state index contributed by atoms with van der Waals surface area (Å²) in [5, 5.41) is 0.760. The van der Waals surface area contributed by atoms with Crippen LogP contribution in [0.15, 0.2) is 24.3 Å². The molecule has 15 heavy (non-hydrogen) atoms. The predicted molar refractivity (Wildman–Crippen MR) is 64.3 cm³/mol. The lowest BCUT2D eigenvalue weighted by molar-refractivity contribution is 0.147. The van der Waals surface area contributed by atoms with Crippen molar-refractivity contribution < 1.29 is 4.74 Å². The molecule has 84 valence electrons. The van der Waals surface area contributed by atoms with Crippen molar-refractivity contribution >= 4 is 11.6 Å². The summed E-state index contributed by atoms with van der Waals surface area (Å²) in [6, 6.07) is 7.88. The molecule has 0 amide bonds. The second-order valence-corrected chi connectivity index (χ2v) is 4.27. The molecule has 2 nitrogen and oxygen atoms in total. The van der Waals surface area contributed by atoms with Crippen molar-refractivity contribution in [1.29, 1.82) is 0 Å². The van der Waals surface area contributed by atoms with E-state index in [1.54, 1.807) is 7.11 Å². The van der Waals surface area contributed by atoms with Crippen LogP contribution in [0, 0.1) is 5.92 Å². The SMILES string of the molecule is COCC(C)C(CN)c1cccc(Cl)c1. The second-order valence-electron chi connectivity index (χ2n) is 3.83. The highest BCUT2D eigenvalue weighted by Gasteiger charge is 2.17. The standard InChI is InChI=1S/C12H18ClNO/c1-9(8-15-2)12(7-14)10-4-3-5-11(13)6-10/h3-6,9,12H,7-8,14H2,1-2H3. The van der Waals surface area contributed by atoms with Crippen LogP contribution in [0.5, 0.6) is 0 Å². The maximum absolute atomic E-state index is 5.96. The molecule has 2 unspecified atom stereocenters. The maximum Gasteiger partial charge on any atom is 0.0494 e. The topological polar surface area (TPSA) is 35.2 Å². The number of halogens is 1. The number of ether oxygens (including phenoxy) is 1. The van der Waals surface area contributed by atoms with E-state index in [2.05, 4.69) is 13.0 Å². The van der Waals surface area contributed by atoms with Crippen LogP contribution in [-0.2, 0) is 4.74 Å². The van der Waals surface area contributed by atoms with Crippen molar-refractivity contribution in [3.63, 3.8) is 0 Å². The summed E-state index contributed by atoms with van der Waals surface area (Å²) >= 11 is 5.96. The van der Waals surface area contributed by atoms with E-state index in [0.29, 0.717) is 25.0 Å². The maximum atomic E-state index is 5.96. The Kier molecular flexibility index (Phi) is 5.09. The van der Waals surface area contributed by atoms with Gasteiger partial charge in [-0.1, -0.05) is 30.7 Å². The van der Waals surface area contributed by atoms with Gasteiger partial charge in [-0.3, -0.25) is 0 Å². The van der Waals surface area contributed by atoms with E-state index >= 15 is 0 Å². The van der Waals surface area contributed by atoms with Crippen molar-refractivity contribution in [1.82, 2.24) is 0 Å². The summed E-state index contributed by atoms with van der Waals surface area (Å²) in [5.74, 6) is 0.710. The fourth-order valence-corrected chi connectivity index (χ4v) is 2.01. The van der Waals surface area contributed by atoms with Crippen molar-refractivity contribution in [3.05, 3.63) is 34.9 Å². The molecule has 0 aliphatic rings. The van der Waals surface area contributed by atoms with Crippen molar-refractivity contribution in [2.75, 3.05) is 20.3 Å². The van der Waals surface area contributed by atoms with Crippen LogP contribution < -0.4 is 5.73 Å². The van der Waals surface area contributed by atoms with E-state index in [4.69, 9.17) is 22.1 Å². The third kappa shape index (κ3) is 3.49. The smallest absolute Gasteiger partial charge is 0.0494 e. The Morgan fingerprint density at radius 1 is 1.47 bits per heavy atom. The second kappa shape index (κ2) is 6.11. The van der Waals surface area contributed by atoms with Gasteiger partial charge in [0, 0.05) is 24.7 Å². The molecule has 0 saturated heterocycles. The quantitative estimate of drug-likeness (QED) is 0.840. The Bertz CT molecular complexity index is 303. The molecular weight excluding hydrogens is 210 g/mol. The van der Waals surface area contributed by atoms with Gasteiger partial charge in [-0.25, -0.2) is 0 Å². The minimum atomic E-state index is 0.309. The Balaban J connectivity index is 2.82. The summed E-state index contributed by atoms with van der Waals surface area (Å²) in [6.45, 7) is 3.47. The molecular formula is C12H18ClNO. The zero-order valence-corrected chi connectivity index (χ0v) is 10.00. The first kappa shape index (κ1) is 12.5. The van der Waals surface area contributed by atoms with Crippen molar-refractivity contribution in [2.45, 2.75) is 12.8 Å². The molecule has 0 heterocycles. The fourth-order valence-electron chi connectivity index (χ4n) is 1.81. The van der Waals surface area contributed by atoms with Crippen LogP contribution >= 0.6 is 11.6 Å². The average Bonchev–Trinajstić information content (AvgIpc) is 2.19. The predicted octanol–water partition coefficient (Wildman–Crippen LogP) is 2.66. The van der Waals surface area contributed by atoms with E-state index in [9.17, 15) is 0 Å². The van der Waals surface area contributed by atoms with Gasteiger partial charge in [0.05, 0.1) is 0 Å². The Labute approximate surface area is 96.4 Å². The molecule has 3 heteroatoms. The van der Waals surface area contributed by atoms with Crippen LogP contribution in [0.25, 0.3) is 0 Å². The Morgan fingerprint density at radius 2 is 2.20 bits per heavy atom. The van der Waals surface area contributed by atoms with Gasteiger partial charge >= 0.3 is 0 Å². The lowest BCUT2D eigenvalue weighted by Crippen LogP contribution is -2.22. The first-order valence-corrected chi connectivity index (χ1v) is 5.51. The van der Waals surface area contributed by atoms with E-state index < -0.39 is 0 Å². The Hall–Kier alpha value is -0.570. The van der Waals surface area contributed by atoms with Crippen LogP contribution in [-0.4, -0.2) is 20.3 Å². The first-order valence-electron chi connectivity index (χ1n) is 5.13. The van der Waals surface area contributed by atoms with Crippen LogP contribution in [0.4, 0.5) is 0 Å². The normalized spacial score (nSPS) is 14.9. The van der Waals surface area contributed by atoms with Crippen LogP contribution in [0.2, 0.25) is 5.02 Å². The van der Waals surface area contributed by atoms with E-state index in [0.717, 1.165) is 5.02 Å². The van der Waals surface area contributed by atoms with Gasteiger partial charge in [0.25, 0.3) is 0 Å². The molecule has 0 bridgehead atoms. The molecule has 0 aliphatic heterocycles. The molecule has 0 aromatic heterocycles. The number of methoxy groups -OCH3 is 1. The van der Waals surface area contributed by atoms with Gasteiger partial charge in [-0.05, 0) is 30.2 Å². The lowest BCUT2D eigenvalue weighted by Gasteiger charge is -2.22. The number of hydrogen-bond donors (Lipinski definition) is 1. The highest BCUT2D eigenvalue weighted by molar-refractivity contribution is 6.30. The molecule has 2 N–H and O–H groups in total. The van der Waals surface area contributed by atoms with E-state index in [-0.39, 0.29) is 0 Å². The molecule has 1 rings (SSSR count). The average molecular weight is 228 g/mol. The minimum absolute atomic E-state index is 0.309. The molecule has 0 radical (unpaired) electrons. The minimum Gasteiger partial charge on any atom is -0.384 e. The van der Waals surface area contributed by atoms with E-state index in [1.807, 2.05) is 18.2 Å². The monoisotopic (exact) mass is 227 g/mol. The van der Waals surface area contributed by atoms with Gasteiger partial charge in [0.2, 0.25) is 0 Å². The van der Waals surface area contributed by atoms with E-state index in [1.165, 1.54) is 5.56 Å². The third-order valence-electron chi connectivity index (χ3n) is 2.65. The fraction of sp³-hybridized carbons (Fsp3) is 0.500. The van der Waals surface area contributed by atoms with Gasteiger partial charge < -0.3 is 10.5 Å². The van der Waals surface area contributed by atoms with Crippen LogP contribution in [0.1, 0.15) is 18.4 Å². The molecule has 0 fully saturated rings. The molecule has 0 spiro atoms. The zero-order chi connectivity index (χ0) is 11.3. The summed E-state index contributed by atoms with van der Waals surface area (Å²) in [5.41, 5.74) is 6.98. The number of rotatable bonds is 5. The Morgan fingerprint density at radius 3 is 2.73 bits per heavy atom. The van der Waals surface area contributed by atoms with Crippen molar-refractivity contribution in [2.24, 2.45) is 11.7 Å². The summed E-state index contributed by atoms with van der Waals surface area (Å²) in [7, 11) is 1.71.